The van der Waals surface area contributed by atoms with Gasteiger partial charge >= 0.3 is 0 Å². The molecule has 0 aromatic heterocycles. The van der Waals surface area contributed by atoms with Crippen LogP contribution >= 0.6 is 0 Å². The second-order valence-electron chi connectivity index (χ2n) is 4.74. The minimum atomic E-state index is -0.775. The van der Waals surface area contributed by atoms with Crippen LogP contribution in [-0.4, -0.2) is 18.6 Å². The number of rotatable bonds is 4. The molecule has 0 saturated heterocycles. The standard InChI is InChI=1S/C13H18N2O2/c1-13(14,9-6-7-9)12(16)15-10-4-3-5-11(8-10)17-2/h3-5,8-9H,6-7,14H2,1-2H3,(H,15,16). The first-order valence-corrected chi connectivity index (χ1v) is 5.78. The van der Waals surface area contributed by atoms with E-state index in [4.69, 9.17) is 10.5 Å². The summed E-state index contributed by atoms with van der Waals surface area (Å²) >= 11 is 0. The molecule has 3 N–H and O–H groups in total. The van der Waals surface area contributed by atoms with Gasteiger partial charge in [-0.3, -0.25) is 4.79 Å². The van der Waals surface area contributed by atoms with Crippen LogP contribution in [0.2, 0.25) is 0 Å². The molecule has 4 nitrogen and oxygen atoms in total. The van der Waals surface area contributed by atoms with Crippen LogP contribution in [0.3, 0.4) is 0 Å². The number of carbonyl (C=O) groups excluding carboxylic acids is 1. The Morgan fingerprint density at radius 2 is 2.24 bits per heavy atom. The molecule has 0 aliphatic heterocycles. The number of ether oxygens (including phenoxy) is 1. The van der Waals surface area contributed by atoms with E-state index < -0.39 is 5.54 Å². The lowest BCUT2D eigenvalue weighted by Crippen LogP contribution is -2.50. The van der Waals surface area contributed by atoms with Crippen molar-refractivity contribution in [1.29, 1.82) is 0 Å². The lowest BCUT2D eigenvalue weighted by molar-refractivity contribution is -0.121. The van der Waals surface area contributed by atoms with Crippen molar-refractivity contribution in [2.45, 2.75) is 25.3 Å². The van der Waals surface area contributed by atoms with Crippen LogP contribution in [0.5, 0.6) is 5.75 Å². The Bertz CT molecular complexity index is 425. The minimum Gasteiger partial charge on any atom is -0.497 e. The van der Waals surface area contributed by atoms with Gasteiger partial charge in [-0.15, -0.1) is 0 Å². The van der Waals surface area contributed by atoms with E-state index in [1.807, 2.05) is 18.2 Å². The van der Waals surface area contributed by atoms with Crippen LogP contribution in [0.15, 0.2) is 24.3 Å². The Labute approximate surface area is 101 Å². The van der Waals surface area contributed by atoms with Crippen LogP contribution in [0.25, 0.3) is 0 Å². The summed E-state index contributed by atoms with van der Waals surface area (Å²) in [5, 5.41) is 2.83. The lowest BCUT2D eigenvalue weighted by Gasteiger charge is -2.23. The topological polar surface area (TPSA) is 64.3 Å². The van der Waals surface area contributed by atoms with Crippen molar-refractivity contribution in [2.75, 3.05) is 12.4 Å². The summed E-state index contributed by atoms with van der Waals surface area (Å²) in [4.78, 5) is 12.0. The third-order valence-electron chi connectivity index (χ3n) is 3.24. The third-order valence-corrected chi connectivity index (χ3v) is 3.24. The highest BCUT2D eigenvalue weighted by Crippen LogP contribution is 2.38. The second kappa shape index (κ2) is 4.37. The molecule has 1 saturated carbocycles. The van der Waals surface area contributed by atoms with Gasteiger partial charge in [-0.05, 0) is 37.8 Å². The predicted octanol–water partition coefficient (Wildman–Crippen LogP) is 1.76. The normalized spacial score (nSPS) is 18.3. The molecule has 17 heavy (non-hydrogen) atoms. The maximum absolute atomic E-state index is 12.0. The first-order valence-electron chi connectivity index (χ1n) is 5.78. The average Bonchev–Trinajstić information content (AvgIpc) is 3.13. The molecule has 0 radical (unpaired) electrons. The van der Waals surface area contributed by atoms with E-state index in [0.29, 0.717) is 17.4 Å². The Morgan fingerprint density at radius 3 is 2.82 bits per heavy atom. The third kappa shape index (κ3) is 2.58. The number of nitrogens with one attached hydrogen (secondary N) is 1. The fraction of sp³-hybridized carbons (Fsp3) is 0.462. The van der Waals surface area contributed by atoms with Gasteiger partial charge in [-0.1, -0.05) is 6.07 Å². The number of carbonyl (C=O) groups is 1. The van der Waals surface area contributed by atoms with Gasteiger partial charge in [0.15, 0.2) is 0 Å². The predicted molar refractivity (Wildman–Crippen MR) is 66.9 cm³/mol. The highest BCUT2D eigenvalue weighted by molar-refractivity contribution is 5.98. The molecule has 1 aromatic carbocycles. The van der Waals surface area contributed by atoms with Crippen molar-refractivity contribution in [3.63, 3.8) is 0 Å². The van der Waals surface area contributed by atoms with Gasteiger partial charge < -0.3 is 15.8 Å². The zero-order valence-corrected chi connectivity index (χ0v) is 10.2. The molecule has 0 bridgehead atoms. The van der Waals surface area contributed by atoms with Crippen LogP contribution in [0.1, 0.15) is 19.8 Å². The molecule has 1 aliphatic rings. The fourth-order valence-electron chi connectivity index (χ4n) is 1.83. The zero-order valence-electron chi connectivity index (χ0n) is 10.2. The number of hydrogen-bond donors (Lipinski definition) is 2. The number of anilines is 1. The van der Waals surface area contributed by atoms with Crippen molar-refractivity contribution in [3.05, 3.63) is 24.3 Å². The van der Waals surface area contributed by atoms with E-state index in [1.54, 1.807) is 20.1 Å². The minimum absolute atomic E-state index is 0.131. The first kappa shape index (κ1) is 11.9. The number of benzene rings is 1. The summed E-state index contributed by atoms with van der Waals surface area (Å²) in [7, 11) is 1.60. The fourth-order valence-corrected chi connectivity index (χ4v) is 1.83. The van der Waals surface area contributed by atoms with Crippen molar-refractivity contribution >= 4 is 11.6 Å². The monoisotopic (exact) mass is 234 g/mol. The molecule has 4 heteroatoms. The average molecular weight is 234 g/mol. The highest BCUT2D eigenvalue weighted by Gasteiger charge is 2.44. The Hall–Kier alpha value is -1.55. The number of methoxy groups -OCH3 is 1. The van der Waals surface area contributed by atoms with Gasteiger partial charge in [0.2, 0.25) is 5.91 Å². The Balaban J connectivity index is 2.07. The molecule has 1 unspecified atom stereocenters. The molecule has 1 aromatic rings. The van der Waals surface area contributed by atoms with E-state index in [0.717, 1.165) is 12.8 Å². The van der Waals surface area contributed by atoms with E-state index in [2.05, 4.69) is 5.32 Å². The molecule has 1 amide bonds. The van der Waals surface area contributed by atoms with Crippen molar-refractivity contribution in [2.24, 2.45) is 11.7 Å². The molecule has 2 rings (SSSR count). The Kier molecular flexibility index (Phi) is 3.07. The molecule has 0 spiro atoms. The zero-order chi connectivity index (χ0) is 12.5. The molecular formula is C13H18N2O2. The van der Waals surface area contributed by atoms with Crippen molar-refractivity contribution in [1.82, 2.24) is 0 Å². The first-order chi connectivity index (χ1) is 8.04. The summed E-state index contributed by atoms with van der Waals surface area (Å²) in [6.07, 6.45) is 2.08. The highest BCUT2D eigenvalue weighted by atomic mass is 16.5. The van der Waals surface area contributed by atoms with Crippen LogP contribution in [0.4, 0.5) is 5.69 Å². The van der Waals surface area contributed by atoms with Gasteiger partial charge in [0.05, 0.1) is 12.6 Å². The molecule has 92 valence electrons. The van der Waals surface area contributed by atoms with Gasteiger partial charge in [-0.25, -0.2) is 0 Å². The summed E-state index contributed by atoms with van der Waals surface area (Å²) in [6, 6.07) is 7.27. The van der Waals surface area contributed by atoms with Crippen LogP contribution < -0.4 is 15.8 Å². The summed E-state index contributed by atoms with van der Waals surface area (Å²) in [5.74, 6) is 0.898. The van der Waals surface area contributed by atoms with Crippen molar-refractivity contribution in [3.8, 4) is 5.75 Å². The molecular weight excluding hydrogens is 216 g/mol. The van der Waals surface area contributed by atoms with Gasteiger partial charge in [0.1, 0.15) is 5.75 Å². The van der Waals surface area contributed by atoms with Crippen LogP contribution in [-0.2, 0) is 4.79 Å². The number of hydrogen-bond acceptors (Lipinski definition) is 3. The van der Waals surface area contributed by atoms with Gasteiger partial charge in [-0.2, -0.15) is 0 Å². The summed E-state index contributed by atoms with van der Waals surface area (Å²) in [5.41, 5.74) is 5.98. The smallest absolute Gasteiger partial charge is 0.244 e. The van der Waals surface area contributed by atoms with E-state index in [9.17, 15) is 4.79 Å². The maximum Gasteiger partial charge on any atom is 0.244 e. The Morgan fingerprint density at radius 1 is 1.53 bits per heavy atom. The van der Waals surface area contributed by atoms with Crippen molar-refractivity contribution < 1.29 is 9.53 Å². The SMILES string of the molecule is COc1cccc(NC(=O)C(C)(N)C2CC2)c1. The van der Waals surface area contributed by atoms with Gasteiger partial charge in [0, 0.05) is 11.8 Å². The van der Waals surface area contributed by atoms with Crippen LogP contribution in [0, 0.1) is 5.92 Å². The van der Waals surface area contributed by atoms with E-state index in [1.165, 1.54) is 0 Å². The summed E-state index contributed by atoms with van der Waals surface area (Å²) in [6.45, 7) is 1.79. The van der Waals surface area contributed by atoms with Gasteiger partial charge in [0.25, 0.3) is 0 Å². The molecule has 1 atom stereocenters. The quantitative estimate of drug-likeness (QED) is 0.834. The summed E-state index contributed by atoms with van der Waals surface area (Å²) < 4.78 is 5.10. The number of amides is 1. The van der Waals surface area contributed by atoms with E-state index in [-0.39, 0.29) is 5.91 Å². The molecule has 0 heterocycles. The molecule has 1 aliphatic carbocycles. The molecule has 1 fully saturated rings. The number of nitrogens with two attached hydrogens (primary N) is 1. The van der Waals surface area contributed by atoms with E-state index >= 15 is 0 Å². The second-order valence-corrected chi connectivity index (χ2v) is 4.74. The lowest BCUT2D eigenvalue weighted by atomic mass is 9.96. The maximum atomic E-state index is 12.0. The largest absolute Gasteiger partial charge is 0.497 e.